The number of H-pyrrole nitrogens is 1. The Morgan fingerprint density at radius 3 is 2.63 bits per heavy atom. The van der Waals surface area contributed by atoms with Crippen LogP contribution in [0.1, 0.15) is 21.5 Å². The van der Waals surface area contributed by atoms with Gasteiger partial charge in [-0.15, -0.1) is 0 Å². The first-order chi connectivity index (χ1) is 16.9. The number of nitrogens with zero attached hydrogens (tertiary/aromatic N) is 1. The average molecular weight is 477 g/mol. The number of amides is 1. The number of furan rings is 1. The minimum absolute atomic E-state index is 0.0314. The molecule has 0 saturated heterocycles. The minimum atomic E-state index is -0.819. The van der Waals surface area contributed by atoms with E-state index in [2.05, 4.69) is 20.0 Å². The zero-order valence-corrected chi connectivity index (χ0v) is 18.2. The quantitative estimate of drug-likeness (QED) is 0.348. The lowest BCUT2D eigenvalue weighted by atomic mass is 10.1. The number of benzene rings is 3. The van der Waals surface area contributed by atoms with Crippen molar-refractivity contribution in [2.24, 2.45) is 0 Å². The number of nitrogens with one attached hydrogen (secondary N) is 2. The van der Waals surface area contributed by atoms with Crippen LogP contribution in [0, 0.1) is 18.6 Å². The maximum absolute atomic E-state index is 14.6. The smallest absolute Gasteiger partial charge is 0.439 e. The normalized spacial score (nSPS) is 11.1. The zero-order chi connectivity index (χ0) is 24.5. The summed E-state index contributed by atoms with van der Waals surface area (Å²) in [5, 5.41) is 6.45. The Morgan fingerprint density at radius 1 is 1.11 bits per heavy atom. The van der Waals surface area contributed by atoms with Crippen LogP contribution >= 0.6 is 0 Å². The molecule has 0 saturated carbocycles. The molecule has 176 valence electrons. The number of aryl methyl sites for hydroxylation is 1. The van der Waals surface area contributed by atoms with Crippen molar-refractivity contribution in [1.29, 1.82) is 0 Å². The first kappa shape index (κ1) is 22.1. The summed E-state index contributed by atoms with van der Waals surface area (Å²) in [6.45, 7) is 2.08. The van der Waals surface area contributed by atoms with Crippen molar-refractivity contribution < 1.29 is 27.3 Å². The summed E-state index contributed by atoms with van der Waals surface area (Å²) in [5.74, 6) is -1.85. The van der Waals surface area contributed by atoms with Crippen LogP contribution in [0.3, 0.4) is 0 Å². The van der Waals surface area contributed by atoms with Gasteiger partial charge in [0.15, 0.2) is 5.82 Å². The lowest BCUT2D eigenvalue weighted by molar-refractivity contribution is 0.102. The Bertz CT molecular complexity index is 1600. The molecule has 2 N–H and O–H groups in total. The molecule has 5 rings (SSSR count). The van der Waals surface area contributed by atoms with Crippen LogP contribution in [0.15, 0.2) is 74.6 Å². The number of rotatable bonds is 6. The third-order valence-electron chi connectivity index (χ3n) is 5.41. The molecule has 0 radical (unpaired) electrons. The van der Waals surface area contributed by atoms with E-state index in [1.54, 1.807) is 30.3 Å². The second-order valence-electron chi connectivity index (χ2n) is 7.76. The van der Waals surface area contributed by atoms with Gasteiger partial charge in [-0.1, -0.05) is 11.2 Å². The molecule has 0 bridgehead atoms. The lowest BCUT2D eigenvalue weighted by Crippen LogP contribution is -2.11. The molecule has 1 amide bonds. The zero-order valence-electron chi connectivity index (χ0n) is 18.2. The van der Waals surface area contributed by atoms with Crippen LogP contribution in [0.5, 0.6) is 5.75 Å². The number of carbonyl (C=O) groups excluding carboxylic acids is 1. The third-order valence-corrected chi connectivity index (χ3v) is 5.41. The molecule has 10 heteroatoms. The van der Waals surface area contributed by atoms with Crippen LogP contribution in [0.4, 0.5) is 14.5 Å². The second-order valence-corrected chi connectivity index (χ2v) is 7.76. The molecule has 0 aliphatic carbocycles. The Morgan fingerprint density at radius 2 is 1.91 bits per heavy atom. The number of aromatic amines is 1. The summed E-state index contributed by atoms with van der Waals surface area (Å²) in [7, 11) is 0. The summed E-state index contributed by atoms with van der Waals surface area (Å²) < 4.78 is 43.4. The van der Waals surface area contributed by atoms with Crippen molar-refractivity contribution in [3.05, 3.63) is 99.7 Å². The number of hydrogen-bond acceptors (Lipinski definition) is 6. The molecule has 0 spiro atoms. The van der Waals surface area contributed by atoms with Gasteiger partial charge in [0, 0.05) is 11.1 Å². The fourth-order valence-corrected chi connectivity index (χ4v) is 3.57. The van der Waals surface area contributed by atoms with E-state index in [9.17, 15) is 18.4 Å². The second kappa shape index (κ2) is 8.90. The van der Waals surface area contributed by atoms with Crippen molar-refractivity contribution in [3.8, 4) is 17.1 Å². The first-order valence-electron chi connectivity index (χ1n) is 10.4. The van der Waals surface area contributed by atoms with E-state index in [0.717, 1.165) is 17.2 Å². The van der Waals surface area contributed by atoms with Gasteiger partial charge in [0.05, 0.1) is 11.1 Å². The Balaban J connectivity index is 1.29. The number of fused-ring (bicyclic) bond motifs is 1. The van der Waals surface area contributed by atoms with Gasteiger partial charge in [-0.25, -0.2) is 13.6 Å². The van der Waals surface area contributed by atoms with Gasteiger partial charge >= 0.3 is 5.76 Å². The highest BCUT2D eigenvalue weighted by Crippen LogP contribution is 2.29. The summed E-state index contributed by atoms with van der Waals surface area (Å²) in [6.07, 6.45) is 1.22. The van der Waals surface area contributed by atoms with E-state index in [4.69, 9.17) is 9.15 Å². The van der Waals surface area contributed by atoms with E-state index in [0.29, 0.717) is 11.4 Å². The molecule has 0 fully saturated rings. The van der Waals surface area contributed by atoms with Crippen LogP contribution in [-0.4, -0.2) is 16.0 Å². The van der Waals surface area contributed by atoms with Gasteiger partial charge in [-0.2, -0.15) is 0 Å². The standard InChI is InChI=1S/C25H17F2N3O5/c1-13-8-15(26)3-2-14(13)11-33-17-6-4-16(5-7-17)28-24(31)20-12-34-22-10-19(21(27)9-18(20)22)23-29-25(32)35-30-23/h2-10,12H,11H2,1H3,(H,28,31)(H,29,30,32). The summed E-state index contributed by atoms with van der Waals surface area (Å²) in [5.41, 5.74) is 2.48. The molecule has 2 aromatic heterocycles. The average Bonchev–Trinajstić information content (AvgIpc) is 3.44. The van der Waals surface area contributed by atoms with Crippen LogP contribution in [0.25, 0.3) is 22.4 Å². The molecule has 0 aliphatic rings. The number of hydrogen-bond donors (Lipinski definition) is 2. The number of anilines is 1. The first-order valence-corrected chi connectivity index (χ1v) is 10.4. The number of ether oxygens (including phenoxy) is 1. The van der Waals surface area contributed by atoms with Gasteiger partial charge in [0.25, 0.3) is 5.91 Å². The van der Waals surface area contributed by atoms with Gasteiger partial charge in [0.1, 0.15) is 35.8 Å². The maximum atomic E-state index is 14.6. The lowest BCUT2D eigenvalue weighted by Gasteiger charge is -2.10. The van der Waals surface area contributed by atoms with Crippen molar-refractivity contribution in [2.75, 3.05) is 5.32 Å². The predicted octanol–water partition coefficient (Wildman–Crippen LogP) is 5.19. The Kier molecular flexibility index (Phi) is 5.61. The Hall–Kier alpha value is -4.73. The molecule has 8 nitrogen and oxygen atoms in total. The van der Waals surface area contributed by atoms with E-state index in [-0.39, 0.29) is 40.3 Å². The Labute approximate surface area is 196 Å². The fraction of sp³-hybridized carbons (Fsp3) is 0.0800. The molecular weight excluding hydrogens is 460 g/mol. The molecular formula is C25H17F2N3O5. The highest BCUT2D eigenvalue weighted by atomic mass is 19.1. The fourth-order valence-electron chi connectivity index (χ4n) is 3.57. The van der Waals surface area contributed by atoms with E-state index >= 15 is 0 Å². The minimum Gasteiger partial charge on any atom is -0.489 e. The highest BCUT2D eigenvalue weighted by Gasteiger charge is 2.19. The van der Waals surface area contributed by atoms with E-state index in [1.165, 1.54) is 24.5 Å². The van der Waals surface area contributed by atoms with Crippen molar-refractivity contribution in [2.45, 2.75) is 13.5 Å². The largest absolute Gasteiger partial charge is 0.489 e. The number of aromatic nitrogens is 2. The van der Waals surface area contributed by atoms with Crippen molar-refractivity contribution in [1.82, 2.24) is 10.1 Å². The van der Waals surface area contributed by atoms with Crippen molar-refractivity contribution in [3.63, 3.8) is 0 Å². The maximum Gasteiger partial charge on any atom is 0.439 e. The van der Waals surface area contributed by atoms with Crippen LogP contribution < -0.4 is 15.8 Å². The summed E-state index contributed by atoms with van der Waals surface area (Å²) in [4.78, 5) is 26.2. The van der Waals surface area contributed by atoms with Gasteiger partial charge in [-0.05, 0) is 66.6 Å². The van der Waals surface area contributed by atoms with Crippen LogP contribution in [0.2, 0.25) is 0 Å². The van der Waals surface area contributed by atoms with Gasteiger partial charge in [0.2, 0.25) is 0 Å². The third kappa shape index (κ3) is 4.54. The number of halogens is 2. The topological polar surface area (TPSA) is 110 Å². The van der Waals surface area contributed by atoms with Crippen LogP contribution in [-0.2, 0) is 6.61 Å². The van der Waals surface area contributed by atoms with E-state index < -0.39 is 17.5 Å². The van der Waals surface area contributed by atoms with E-state index in [1.807, 2.05) is 6.92 Å². The molecule has 0 unspecified atom stereocenters. The molecule has 2 heterocycles. The summed E-state index contributed by atoms with van der Waals surface area (Å²) >= 11 is 0. The highest BCUT2D eigenvalue weighted by molar-refractivity contribution is 6.12. The molecule has 0 aliphatic heterocycles. The monoisotopic (exact) mass is 477 g/mol. The van der Waals surface area contributed by atoms with Crippen molar-refractivity contribution >= 4 is 22.6 Å². The number of carbonyl (C=O) groups is 1. The molecule has 35 heavy (non-hydrogen) atoms. The molecule has 0 atom stereocenters. The van der Waals surface area contributed by atoms with Gasteiger partial charge in [-0.3, -0.25) is 14.3 Å². The summed E-state index contributed by atoms with van der Waals surface area (Å²) in [6, 6.07) is 13.6. The molecule has 5 aromatic rings. The SMILES string of the molecule is Cc1cc(F)ccc1COc1ccc(NC(=O)c2coc3cc(-c4noc(=O)[nH]4)c(F)cc23)cc1. The van der Waals surface area contributed by atoms with Gasteiger partial charge < -0.3 is 14.5 Å². The predicted molar refractivity (Wildman–Crippen MR) is 122 cm³/mol. The molecule has 3 aromatic carbocycles.